The van der Waals surface area contributed by atoms with Crippen molar-refractivity contribution < 1.29 is 20.9 Å². The zero-order valence-corrected chi connectivity index (χ0v) is 29.2. The van der Waals surface area contributed by atoms with Crippen LogP contribution in [-0.2, 0) is 0 Å². The van der Waals surface area contributed by atoms with Crippen LogP contribution in [0.2, 0.25) is 0 Å². The Morgan fingerprint density at radius 2 is 0.946 bits per heavy atom. The number of para-hydroxylation sites is 3. The Balaban J connectivity index is 1.08. The fourth-order valence-electron chi connectivity index (χ4n) is 7.09. The van der Waals surface area contributed by atoms with Crippen LogP contribution in [0.25, 0.3) is 106 Å². The van der Waals surface area contributed by atoms with E-state index in [2.05, 4.69) is 0 Å². The second kappa shape index (κ2) is 13.0. The van der Waals surface area contributed by atoms with Gasteiger partial charge in [-0.1, -0.05) is 145 Å². The molecule has 0 amide bonds. The molecule has 0 radical (unpaired) electrons. The van der Waals surface area contributed by atoms with Crippen molar-refractivity contribution in [3.8, 4) is 62.1 Å². The van der Waals surface area contributed by atoms with Gasteiger partial charge in [0, 0.05) is 43.9 Å². The predicted octanol–water partition coefficient (Wildman–Crippen LogP) is 13.2. The average molecular weight is 729 g/mol. The van der Waals surface area contributed by atoms with Crippen LogP contribution in [0, 0.1) is 0 Å². The molecule has 3 heterocycles. The summed E-state index contributed by atoms with van der Waals surface area (Å²) in [6.07, 6.45) is 0. The van der Waals surface area contributed by atoms with Crippen LogP contribution < -0.4 is 0 Å². The topological polar surface area (TPSA) is 56.7 Å². The molecule has 56 heavy (non-hydrogen) atoms. The molecule has 0 unspecified atom stereocenters. The van der Waals surface area contributed by atoms with E-state index in [9.17, 15) is 4.11 Å². The standard InChI is InChI=1S/C51H32N4O/c1-3-11-33(12-4-1)34-19-23-36(24-20-34)49-52-50(54-51(53-49)39-27-29-43-42-16-8-10-18-47(42)56-48(43)32-39)37-25-21-35(22-26-37)38-28-30-46-44(31-38)41-15-7-9-17-45(41)55(46)40-13-5-2-6-14-40/h1-32H/i2D,5D,6D,7D,9D,13D,14D,15D,17D,28D,30D,31D. The highest BCUT2D eigenvalue weighted by atomic mass is 16.3. The number of hydrogen-bond acceptors (Lipinski definition) is 4. The summed E-state index contributed by atoms with van der Waals surface area (Å²) in [6.45, 7) is 0. The van der Waals surface area contributed by atoms with Crippen LogP contribution >= 0.6 is 0 Å². The lowest BCUT2D eigenvalue weighted by atomic mass is 10.0. The van der Waals surface area contributed by atoms with Crippen molar-refractivity contribution in [3.63, 3.8) is 0 Å². The van der Waals surface area contributed by atoms with Gasteiger partial charge in [-0.15, -0.1) is 0 Å². The lowest BCUT2D eigenvalue weighted by Crippen LogP contribution is -2.00. The highest BCUT2D eigenvalue weighted by molar-refractivity contribution is 6.10. The molecule has 0 aliphatic heterocycles. The molecule has 0 saturated heterocycles. The number of furan rings is 1. The molecule has 0 N–H and O–H groups in total. The molecular formula is C51H32N4O. The first kappa shape index (κ1) is 21.9. The van der Waals surface area contributed by atoms with Crippen LogP contribution in [0.15, 0.2) is 198 Å². The summed E-state index contributed by atoms with van der Waals surface area (Å²) in [5.74, 6) is 1.11. The Labute approximate surface area is 339 Å². The van der Waals surface area contributed by atoms with Gasteiger partial charge in [-0.25, -0.2) is 15.0 Å². The van der Waals surface area contributed by atoms with E-state index in [-0.39, 0.29) is 33.4 Å². The van der Waals surface area contributed by atoms with Gasteiger partial charge in [0.15, 0.2) is 17.5 Å². The van der Waals surface area contributed by atoms with Gasteiger partial charge in [0.1, 0.15) is 11.2 Å². The van der Waals surface area contributed by atoms with Gasteiger partial charge >= 0.3 is 0 Å². The molecule has 0 aliphatic carbocycles. The molecule has 8 aromatic carbocycles. The molecule has 11 rings (SSSR count). The number of nitrogens with zero attached hydrogens (tertiary/aromatic N) is 4. The normalized spacial score (nSPS) is 14.6. The molecule has 0 spiro atoms. The van der Waals surface area contributed by atoms with Crippen LogP contribution in [0.4, 0.5) is 0 Å². The van der Waals surface area contributed by atoms with E-state index in [0.29, 0.717) is 39.7 Å². The minimum atomic E-state index is -0.706. The van der Waals surface area contributed by atoms with E-state index >= 15 is 0 Å². The SMILES string of the molecule is [2H]c1c([2H])c([2H])c(-n2c3c([2H])c([2H])c([2H])c([2H])c3c3c([2H])c(-c4ccc(-c5nc(-c6ccc(-c7ccccc7)cc6)nc(-c6ccc7c(c6)oc6ccccc67)n5)cc4)c([2H])c([2H])c32)c([2H])c1[2H]. The second-order valence-corrected chi connectivity index (χ2v) is 13.1. The smallest absolute Gasteiger partial charge is 0.164 e. The minimum Gasteiger partial charge on any atom is -0.456 e. The zero-order valence-electron chi connectivity index (χ0n) is 41.2. The minimum absolute atomic E-state index is 0.0313. The van der Waals surface area contributed by atoms with E-state index in [1.54, 1.807) is 24.3 Å². The van der Waals surface area contributed by atoms with Crippen LogP contribution in [0.5, 0.6) is 0 Å². The van der Waals surface area contributed by atoms with Gasteiger partial charge in [-0.2, -0.15) is 0 Å². The second-order valence-electron chi connectivity index (χ2n) is 13.1. The van der Waals surface area contributed by atoms with E-state index < -0.39 is 72.2 Å². The van der Waals surface area contributed by atoms with Crippen molar-refractivity contribution in [2.45, 2.75) is 0 Å². The molecule has 11 aromatic rings. The lowest BCUT2D eigenvalue weighted by molar-refractivity contribution is 0.669. The fraction of sp³-hybridized carbons (Fsp3) is 0. The van der Waals surface area contributed by atoms with Crippen molar-refractivity contribution in [1.82, 2.24) is 19.5 Å². The van der Waals surface area contributed by atoms with Gasteiger partial charge in [0.2, 0.25) is 0 Å². The van der Waals surface area contributed by atoms with Crippen LogP contribution in [0.1, 0.15) is 16.4 Å². The van der Waals surface area contributed by atoms with E-state index in [1.807, 2.05) is 97.1 Å². The fourth-order valence-corrected chi connectivity index (χ4v) is 7.09. The van der Waals surface area contributed by atoms with Crippen LogP contribution in [-0.4, -0.2) is 19.5 Å². The molecule has 0 saturated carbocycles. The summed E-state index contributed by atoms with van der Waals surface area (Å²) in [5, 5.41) is 1.58. The Morgan fingerprint density at radius 1 is 0.393 bits per heavy atom. The molecule has 0 aliphatic rings. The lowest BCUT2D eigenvalue weighted by Gasteiger charge is -2.10. The van der Waals surface area contributed by atoms with Crippen molar-refractivity contribution >= 4 is 43.7 Å². The summed E-state index contributed by atoms with van der Waals surface area (Å²) >= 11 is 0. The van der Waals surface area contributed by atoms with E-state index in [4.69, 9.17) is 31.7 Å². The maximum absolute atomic E-state index is 9.61. The molecule has 3 aromatic heterocycles. The summed E-state index contributed by atoms with van der Waals surface area (Å²) in [6, 6.07) is 31.0. The molecule has 0 fully saturated rings. The van der Waals surface area contributed by atoms with Crippen molar-refractivity contribution in [3.05, 3.63) is 194 Å². The van der Waals surface area contributed by atoms with Gasteiger partial charge in [0.05, 0.1) is 27.5 Å². The van der Waals surface area contributed by atoms with Gasteiger partial charge in [-0.3, -0.25) is 0 Å². The average Bonchev–Trinajstić information content (AvgIpc) is 3.92. The summed E-state index contributed by atoms with van der Waals surface area (Å²) < 4.78 is 113. The Hall–Kier alpha value is -7.63. The van der Waals surface area contributed by atoms with Crippen molar-refractivity contribution in [2.75, 3.05) is 0 Å². The van der Waals surface area contributed by atoms with Crippen molar-refractivity contribution in [2.24, 2.45) is 0 Å². The molecule has 5 heteroatoms. The number of fused-ring (bicyclic) bond motifs is 6. The highest BCUT2D eigenvalue weighted by Gasteiger charge is 2.16. The third-order valence-corrected chi connectivity index (χ3v) is 9.82. The summed E-state index contributed by atoms with van der Waals surface area (Å²) in [5.41, 5.74) is 4.72. The highest BCUT2D eigenvalue weighted by Crippen LogP contribution is 2.36. The largest absolute Gasteiger partial charge is 0.456 e. The van der Waals surface area contributed by atoms with Gasteiger partial charge in [-0.05, 0) is 70.7 Å². The Bertz CT molecular complexity index is 3900. The monoisotopic (exact) mass is 728 g/mol. The molecule has 262 valence electrons. The molecule has 0 atom stereocenters. The van der Waals surface area contributed by atoms with Crippen molar-refractivity contribution in [1.29, 1.82) is 0 Å². The first-order chi connectivity index (χ1) is 32.7. The number of benzene rings is 8. The van der Waals surface area contributed by atoms with E-state index in [1.165, 1.54) is 0 Å². The Kier molecular flexibility index (Phi) is 5.10. The predicted molar refractivity (Wildman–Crippen MR) is 229 cm³/mol. The molecule has 0 bridgehead atoms. The first-order valence-electron chi connectivity index (χ1n) is 23.8. The quantitative estimate of drug-likeness (QED) is 0.171. The number of aromatic nitrogens is 4. The van der Waals surface area contributed by atoms with Gasteiger partial charge in [0.25, 0.3) is 0 Å². The molecule has 5 nitrogen and oxygen atoms in total. The van der Waals surface area contributed by atoms with Crippen LogP contribution in [0.3, 0.4) is 0 Å². The number of hydrogen-bond donors (Lipinski definition) is 0. The summed E-state index contributed by atoms with van der Waals surface area (Å²) in [4.78, 5) is 14.8. The zero-order chi connectivity index (χ0) is 47.4. The maximum atomic E-state index is 9.61. The van der Waals surface area contributed by atoms with E-state index in [0.717, 1.165) is 37.6 Å². The molecular weight excluding hydrogens is 685 g/mol. The number of rotatable bonds is 6. The third-order valence-electron chi connectivity index (χ3n) is 9.82. The first-order valence-corrected chi connectivity index (χ1v) is 17.8. The Morgan fingerprint density at radius 3 is 1.70 bits per heavy atom. The third kappa shape index (κ3) is 5.45. The summed E-state index contributed by atoms with van der Waals surface area (Å²) in [7, 11) is 0. The van der Waals surface area contributed by atoms with Gasteiger partial charge < -0.3 is 8.98 Å². The maximum Gasteiger partial charge on any atom is 0.164 e.